The van der Waals surface area contributed by atoms with Gasteiger partial charge < -0.3 is 0 Å². The van der Waals surface area contributed by atoms with Crippen molar-refractivity contribution in [3.05, 3.63) is 84.9 Å². The Morgan fingerprint density at radius 3 is 1.30 bits per heavy atom. The third-order valence-electron chi connectivity index (χ3n) is 3.72. The number of fused-ring (bicyclic) bond motifs is 2. The molecule has 3 heteroatoms. The maximum absolute atomic E-state index is 2.30. The predicted molar refractivity (Wildman–Crippen MR) is 114 cm³/mol. The van der Waals surface area contributed by atoms with E-state index in [1.54, 1.807) is 0 Å². The third kappa shape index (κ3) is 3.80. The normalized spacial score (nSPS) is 10.1. The van der Waals surface area contributed by atoms with E-state index in [-0.39, 0.29) is 54.9 Å². The van der Waals surface area contributed by atoms with Gasteiger partial charge in [0, 0.05) is 0 Å². The molecule has 0 atom stereocenters. The molecular weight excluding hydrogens is 528 g/mol. The van der Waals surface area contributed by atoms with Gasteiger partial charge in [0.15, 0.2) is 0 Å². The first-order chi connectivity index (χ1) is 10.4. The summed E-state index contributed by atoms with van der Waals surface area (Å²) < 4.78 is 3.05. The van der Waals surface area contributed by atoms with Gasteiger partial charge in [-0.05, 0) is 0 Å². The van der Waals surface area contributed by atoms with Crippen LogP contribution in [0.25, 0.3) is 21.5 Å². The summed E-state index contributed by atoms with van der Waals surface area (Å²) in [6.07, 6.45) is 0. The van der Waals surface area contributed by atoms with Crippen LogP contribution in [0.15, 0.2) is 84.9 Å². The average Bonchev–Trinajstić information content (AvgIpc) is 2.56. The molecule has 4 rings (SSSR count). The maximum atomic E-state index is 2.30. The Bertz CT molecular complexity index is 847. The van der Waals surface area contributed by atoms with Crippen LogP contribution in [0.1, 0.15) is 0 Å². The van der Waals surface area contributed by atoms with Crippen LogP contribution in [0.5, 0.6) is 0 Å². The van der Waals surface area contributed by atoms with Crippen LogP contribution in [0.4, 0.5) is 0 Å². The summed E-state index contributed by atoms with van der Waals surface area (Å²) in [5.41, 5.74) is 0. The number of rotatable bonds is 2. The van der Waals surface area contributed by atoms with Crippen molar-refractivity contribution < 1.29 is 0 Å². The Morgan fingerprint density at radius 2 is 0.826 bits per heavy atom. The fraction of sp³-hybridized carbons (Fsp3) is 0. The van der Waals surface area contributed by atoms with Crippen LogP contribution in [-0.2, 0) is 0 Å². The van der Waals surface area contributed by atoms with Gasteiger partial charge in [-0.1, -0.05) is 0 Å². The molecule has 0 aliphatic rings. The van der Waals surface area contributed by atoms with Crippen molar-refractivity contribution in [3.8, 4) is 0 Å². The number of benzene rings is 4. The summed E-state index contributed by atoms with van der Waals surface area (Å²) in [5, 5.41) is 5.52. The van der Waals surface area contributed by atoms with Crippen LogP contribution in [0.2, 0.25) is 0 Å². The SMILES string of the molecule is Br.Br.c1ccc2c([Te+]c3cccc4ccccc34)cccc2c1. The van der Waals surface area contributed by atoms with Crippen LogP contribution in [0, 0.1) is 0 Å². The summed E-state index contributed by atoms with van der Waals surface area (Å²) in [4.78, 5) is 0. The van der Waals surface area contributed by atoms with Crippen molar-refractivity contribution in [1.82, 2.24) is 0 Å². The fourth-order valence-corrected chi connectivity index (χ4v) is 5.89. The molecule has 0 fully saturated rings. The van der Waals surface area contributed by atoms with E-state index < -0.39 is 0 Å². The van der Waals surface area contributed by atoms with E-state index in [9.17, 15) is 0 Å². The van der Waals surface area contributed by atoms with Gasteiger partial charge in [0.1, 0.15) is 0 Å². The molecule has 0 nitrogen and oxygen atoms in total. The van der Waals surface area contributed by atoms with Gasteiger partial charge in [-0.3, -0.25) is 0 Å². The van der Waals surface area contributed by atoms with Crippen molar-refractivity contribution in [1.29, 1.82) is 0 Å². The Kier molecular flexibility index (Phi) is 6.68. The zero-order chi connectivity index (χ0) is 14.1. The minimum absolute atomic E-state index is 0. The molecule has 0 unspecified atom stereocenters. The van der Waals surface area contributed by atoms with E-state index in [2.05, 4.69) is 84.9 Å². The third-order valence-corrected chi connectivity index (χ3v) is 7.01. The van der Waals surface area contributed by atoms with Crippen LogP contribution >= 0.6 is 34.0 Å². The predicted octanol–water partition coefficient (Wildman–Crippen LogP) is 4.80. The molecule has 0 aliphatic heterocycles. The minimum atomic E-state index is -0.385. The van der Waals surface area contributed by atoms with Gasteiger partial charge in [-0.2, -0.15) is 0 Å². The second-order valence-electron chi connectivity index (χ2n) is 5.06. The van der Waals surface area contributed by atoms with Gasteiger partial charge in [0.2, 0.25) is 0 Å². The Hall–Kier alpha value is -0.850. The first-order valence-electron chi connectivity index (χ1n) is 7.05. The fourth-order valence-electron chi connectivity index (χ4n) is 2.69. The Labute approximate surface area is 167 Å². The van der Waals surface area contributed by atoms with Crippen molar-refractivity contribution in [2.75, 3.05) is 0 Å². The van der Waals surface area contributed by atoms with Gasteiger partial charge in [-0.25, -0.2) is 0 Å². The molecule has 115 valence electrons. The Morgan fingerprint density at radius 1 is 0.435 bits per heavy atom. The molecule has 0 aliphatic carbocycles. The molecule has 0 bridgehead atoms. The first kappa shape index (κ1) is 18.5. The van der Waals surface area contributed by atoms with Crippen LogP contribution in [0.3, 0.4) is 0 Å². The molecule has 23 heavy (non-hydrogen) atoms. The van der Waals surface area contributed by atoms with Gasteiger partial charge in [0.05, 0.1) is 0 Å². The molecular formula is C20H16Br2Te+. The summed E-state index contributed by atoms with van der Waals surface area (Å²) >= 11 is -0.385. The topological polar surface area (TPSA) is 0 Å². The van der Waals surface area contributed by atoms with E-state index in [0.29, 0.717) is 0 Å². The van der Waals surface area contributed by atoms with Gasteiger partial charge >= 0.3 is 135 Å². The number of hydrogen-bond donors (Lipinski definition) is 0. The molecule has 0 N–H and O–H groups in total. The summed E-state index contributed by atoms with van der Waals surface area (Å²) in [6.45, 7) is 0. The van der Waals surface area contributed by atoms with Crippen LogP contribution in [-0.4, -0.2) is 20.9 Å². The monoisotopic (exact) mass is 544 g/mol. The zero-order valence-electron chi connectivity index (χ0n) is 12.3. The van der Waals surface area contributed by atoms with Crippen molar-refractivity contribution in [2.45, 2.75) is 0 Å². The van der Waals surface area contributed by atoms with E-state index in [4.69, 9.17) is 0 Å². The molecule has 0 saturated carbocycles. The van der Waals surface area contributed by atoms with E-state index in [0.717, 1.165) is 0 Å². The Balaban J connectivity index is 0.000000960. The van der Waals surface area contributed by atoms with Gasteiger partial charge in [-0.15, -0.1) is 34.0 Å². The van der Waals surface area contributed by atoms with Crippen LogP contribution < -0.4 is 7.22 Å². The standard InChI is InChI=1S/C20H14Te.2BrH/c1-3-11-17-15(7-1)9-5-13-19(17)21-20-14-6-10-16-8-2-4-12-18(16)20;;/h1-14H;2*1H/q+1;;. The molecule has 1 radical (unpaired) electrons. The molecule has 0 saturated heterocycles. The number of halogens is 2. The van der Waals surface area contributed by atoms with Crippen molar-refractivity contribution >= 4 is 83.7 Å². The van der Waals surface area contributed by atoms with E-state index in [1.807, 2.05) is 0 Å². The molecule has 4 aromatic carbocycles. The van der Waals surface area contributed by atoms with Crippen molar-refractivity contribution in [3.63, 3.8) is 0 Å². The second-order valence-corrected chi connectivity index (χ2v) is 8.15. The molecule has 0 heterocycles. The molecule has 0 aromatic heterocycles. The summed E-state index contributed by atoms with van der Waals surface area (Å²) in [5.74, 6) is 0. The molecule has 0 amide bonds. The summed E-state index contributed by atoms with van der Waals surface area (Å²) in [7, 11) is 0. The van der Waals surface area contributed by atoms with Gasteiger partial charge in [0.25, 0.3) is 0 Å². The number of hydrogen-bond acceptors (Lipinski definition) is 0. The zero-order valence-corrected chi connectivity index (χ0v) is 18.1. The molecule has 0 spiro atoms. The average molecular weight is 544 g/mol. The van der Waals surface area contributed by atoms with E-state index in [1.165, 1.54) is 28.8 Å². The van der Waals surface area contributed by atoms with Crippen molar-refractivity contribution in [2.24, 2.45) is 0 Å². The quantitative estimate of drug-likeness (QED) is 0.319. The first-order valence-corrected chi connectivity index (χ1v) is 9.38. The van der Waals surface area contributed by atoms with E-state index >= 15 is 0 Å². The summed E-state index contributed by atoms with van der Waals surface area (Å²) in [6, 6.07) is 30.8. The second kappa shape index (κ2) is 8.31. The molecule has 4 aromatic rings.